The van der Waals surface area contributed by atoms with Gasteiger partial charge in [-0.3, -0.25) is 0 Å². The number of hydrogen-bond acceptors (Lipinski definition) is 3. The lowest BCUT2D eigenvalue weighted by Gasteiger charge is -2.35. The third-order valence-corrected chi connectivity index (χ3v) is 3.25. The van der Waals surface area contributed by atoms with Gasteiger partial charge in [0.15, 0.2) is 5.79 Å². The van der Waals surface area contributed by atoms with Crippen LogP contribution < -0.4 is 0 Å². The Bertz CT molecular complexity index is 239. The van der Waals surface area contributed by atoms with Gasteiger partial charge < -0.3 is 14.2 Å². The van der Waals surface area contributed by atoms with Crippen molar-refractivity contribution in [2.75, 3.05) is 19.8 Å². The van der Waals surface area contributed by atoms with Crippen LogP contribution >= 0.6 is 0 Å². The summed E-state index contributed by atoms with van der Waals surface area (Å²) in [6, 6.07) is 0. The van der Waals surface area contributed by atoms with Crippen LogP contribution in [0.5, 0.6) is 0 Å². The Balaban J connectivity index is 1.65. The number of hydrogen-bond donors (Lipinski definition) is 0. The molecule has 0 amide bonds. The third kappa shape index (κ3) is 3.82. The average molecular weight is 254 g/mol. The van der Waals surface area contributed by atoms with Gasteiger partial charge in [-0.05, 0) is 12.8 Å². The zero-order chi connectivity index (χ0) is 12.4. The molecule has 17 heavy (non-hydrogen) atoms. The van der Waals surface area contributed by atoms with Crippen molar-refractivity contribution in [2.24, 2.45) is 0 Å². The van der Waals surface area contributed by atoms with Crippen molar-refractivity contribution in [3.8, 4) is 0 Å². The minimum atomic E-state index is -4.13. The summed E-state index contributed by atoms with van der Waals surface area (Å²) in [6.07, 6.45) is -2.26. The van der Waals surface area contributed by atoms with Gasteiger partial charge in [-0.15, -0.1) is 0 Å². The molecule has 3 nitrogen and oxygen atoms in total. The van der Waals surface area contributed by atoms with Gasteiger partial charge in [-0.2, -0.15) is 13.2 Å². The van der Waals surface area contributed by atoms with Crippen LogP contribution in [-0.4, -0.2) is 37.9 Å². The molecule has 0 aromatic rings. The monoisotopic (exact) mass is 254 g/mol. The highest BCUT2D eigenvalue weighted by Crippen LogP contribution is 2.36. The number of ether oxygens (including phenoxy) is 3. The number of alkyl halides is 3. The van der Waals surface area contributed by atoms with Gasteiger partial charge in [0.1, 0.15) is 0 Å². The SMILES string of the molecule is FC(F)(F)CCOC1CCC2(CC1)OCCO2. The molecule has 0 unspecified atom stereocenters. The Morgan fingerprint density at radius 1 is 1.12 bits per heavy atom. The maximum absolute atomic E-state index is 11.9. The van der Waals surface area contributed by atoms with Crippen LogP contribution in [0.25, 0.3) is 0 Å². The minimum Gasteiger partial charge on any atom is -0.378 e. The van der Waals surface area contributed by atoms with Crippen molar-refractivity contribution in [2.45, 2.75) is 50.2 Å². The van der Waals surface area contributed by atoms with E-state index in [0.717, 1.165) is 0 Å². The van der Waals surface area contributed by atoms with Crippen LogP contribution in [0.15, 0.2) is 0 Å². The standard InChI is InChI=1S/C11H17F3O3/c12-11(13,14)5-6-15-9-1-3-10(4-2-9)16-7-8-17-10/h9H,1-8H2. The van der Waals surface area contributed by atoms with Gasteiger partial charge >= 0.3 is 6.18 Å². The fourth-order valence-corrected chi connectivity index (χ4v) is 2.32. The van der Waals surface area contributed by atoms with Gasteiger partial charge in [-0.1, -0.05) is 0 Å². The first kappa shape index (κ1) is 13.1. The maximum atomic E-state index is 11.9. The van der Waals surface area contributed by atoms with Crippen molar-refractivity contribution >= 4 is 0 Å². The topological polar surface area (TPSA) is 27.7 Å². The Morgan fingerprint density at radius 3 is 2.24 bits per heavy atom. The second-order valence-corrected chi connectivity index (χ2v) is 4.54. The smallest absolute Gasteiger partial charge is 0.378 e. The fourth-order valence-electron chi connectivity index (χ4n) is 2.32. The van der Waals surface area contributed by atoms with Crippen LogP contribution in [-0.2, 0) is 14.2 Å². The summed E-state index contributed by atoms with van der Waals surface area (Å²) < 4.78 is 52.1. The molecule has 1 saturated carbocycles. The Kier molecular flexibility index (Phi) is 3.95. The molecule has 1 heterocycles. The van der Waals surface area contributed by atoms with Gasteiger partial charge in [0.2, 0.25) is 0 Å². The molecule has 0 aromatic carbocycles. The first-order valence-corrected chi connectivity index (χ1v) is 5.95. The molecule has 1 aliphatic carbocycles. The molecular formula is C11H17F3O3. The van der Waals surface area contributed by atoms with E-state index in [2.05, 4.69) is 0 Å². The lowest BCUT2D eigenvalue weighted by molar-refractivity contribution is -0.196. The van der Waals surface area contributed by atoms with E-state index in [1.54, 1.807) is 0 Å². The fraction of sp³-hybridized carbons (Fsp3) is 1.00. The molecule has 2 rings (SSSR count). The molecule has 100 valence electrons. The first-order chi connectivity index (χ1) is 7.99. The highest BCUT2D eigenvalue weighted by Gasteiger charge is 2.40. The highest BCUT2D eigenvalue weighted by atomic mass is 19.4. The van der Waals surface area contributed by atoms with E-state index < -0.39 is 18.4 Å². The average Bonchev–Trinajstić information content (AvgIpc) is 2.68. The molecule has 1 aliphatic heterocycles. The highest BCUT2D eigenvalue weighted by molar-refractivity contribution is 4.82. The summed E-state index contributed by atoms with van der Waals surface area (Å²) in [4.78, 5) is 0. The van der Waals surface area contributed by atoms with Crippen molar-refractivity contribution < 1.29 is 27.4 Å². The summed E-state index contributed by atoms with van der Waals surface area (Å²) in [6.45, 7) is 0.974. The molecular weight excluding hydrogens is 237 g/mol. The predicted octanol–water partition coefficient (Wildman–Crippen LogP) is 2.64. The van der Waals surface area contributed by atoms with Crippen LogP contribution in [0.4, 0.5) is 13.2 Å². The van der Waals surface area contributed by atoms with Crippen molar-refractivity contribution in [3.05, 3.63) is 0 Å². The quantitative estimate of drug-likeness (QED) is 0.775. The van der Waals surface area contributed by atoms with E-state index in [-0.39, 0.29) is 12.7 Å². The van der Waals surface area contributed by atoms with E-state index >= 15 is 0 Å². The van der Waals surface area contributed by atoms with E-state index in [9.17, 15) is 13.2 Å². The summed E-state index contributed by atoms with van der Waals surface area (Å²) >= 11 is 0. The summed E-state index contributed by atoms with van der Waals surface area (Å²) in [5.41, 5.74) is 0. The van der Waals surface area contributed by atoms with Crippen LogP contribution in [0.3, 0.4) is 0 Å². The molecule has 2 fully saturated rings. The number of rotatable bonds is 3. The largest absolute Gasteiger partial charge is 0.391 e. The molecule has 0 radical (unpaired) electrons. The van der Waals surface area contributed by atoms with Gasteiger partial charge in [0.25, 0.3) is 0 Å². The van der Waals surface area contributed by atoms with E-state index in [1.165, 1.54) is 0 Å². The predicted molar refractivity (Wildman–Crippen MR) is 53.5 cm³/mol. The van der Waals surface area contributed by atoms with Crippen LogP contribution in [0.2, 0.25) is 0 Å². The second kappa shape index (κ2) is 5.12. The number of halogens is 3. The van der Waals surface area contributed by atoms with Crippen LogP contribution in [0, 0.1) is 0 Å². The molecule has 0 atom stereocenters. The lowest BCUT2D eigenvalue weighted by Crippen LogP contribution is -2.37. The molecule has 0 N–H and O–H groups in total. The summed E-state index contributed by atoms with van der Waals surface area (Å²) in [7, 11) is 0. The lowest BCUT2D eigenvalue weighted by atomic mass is 9.92. The molecule has 6 heteroatoms. The van der Waals surface area contributed by atoms with Crippen molar-refractivity contribution in [3.63, 3.8) is 0 Å². The van der Waals surface area contributed by atoms with E-state index in [4.69, 9.17) is 14.2 Å². The molecule has 2 aliphatic rings. The molecule has 1 saturated heterocycles. The normalized spacial score (nSPS) is 25.6. The van der Waals surface area contributed by atoms with Gasteiger partial charge in [0, 0.05) is 12.8 Å². The van der Waals surface area contributed by atoms with Crippen molar-refractivity contribution in [1.82, 2.24) is 0 Å². The zero-order valence-corrected chi connectivity index (χ0v) is 9.59. The third-order valence-electron chi connectivity index (χ3n) is 3.25. The Morgan fingerprint density at radius 2 is 1.71 bits per heavy atom. The summed E-state index contributed by atoms with van der Waals surface area (Å²) in [5, 5.41) is 0. The van der Waals surface area contributed by atoms with Gasteiger partial charge in [0.05, 0.1) is 32.3 Å². The first-order valence-electron chi connectivity index (χ1n) is 5.95. The minimum absolute atomic E-state index is 0.0872. The van der Waals surface area contributed by atoms with Crippen molar-refractivity contribution in [1.29, 1.82) is 0 Å². The van der Waals surface area contributed by atoms with Crippen LogP contribution in [0.1, 0.15) is 32.1 Å². The van der Waals surface area contributed by atoms with E-state index in [0.29, 0.717) is 38.9 Å². The second-order valence-electron chi connectivity index (χ2n) is 4.54. The summed E-state index contributed by atoms with van der Waals surface area (Å²) in [5.74, 6) is -0.468. The Hall–Kier alpha value is -0.330. The van der Waals surface area contributed by atoms with Gasteiger partial charge in [-0.25, -0.2) is 0 Å². The Labute approximate surface area is 98.2 Å². The maximum Gasteiger partial charge on any atom is 0.391 e. The van der Waals surface area contributed by atoms with E-state index in [1.807, 2.05) is 0 Å². The molecule has 0 bridgehead atoms. The molecule has 1 spiro atoms. The zero-order valence-electron chi connectivity index (χ0n) is 9.59. The molecule has 0 aromatic heterocycles.